The van der Waals surface area contributed by atoms with Crippen LogP contribution in [0.3, 0.4) is 0 Å². The summed E-state index contributed by atoms with van der Waals surface area (Å²) in [7, 11) is -3.51. The summed E-state index contributed by atoms with van der Waals surface area (Å²) >= 11 is 5.96. The molecule has 3 rings (SSSR count). The molecule has 0 aromatic heterocycles. The van der Waals surface area contributed by atoms with Gasteiger partial charge < -0.3 is 9.64 Å². The Kier molecular flexibility index (Phi) is 7.99. The smallest absolute Gasteiger partial charge is 0.240 e. The fraction of sp³-hybridized carbons (Fsp3) is 0.455. The number of anilines is 1. The molecular formula is C22H30ClN3O3S. The molecule has 1 aliphatic heterocycles. The number of hydrogen-bond acceptors (Lipinski definition) is 5. The molecule has 1 N–H and O–H groups in total. The van der Waals surface area contributed by atoms with Gasteiger partial charge in [0.25, 0.3) is 0 Å². The summed E-state index contributed by atoms with van der Waals surface area (Å²) in [5, 5.41) is 0.750. The number of hydrogen-bond donors (Lipinski definition) is 1. The van der Waals surface area contributed by atoms with Gasteiger partial charge in [-0.25, -0.2) is 13.1 Å². The topological polar surface area (TPSA) is 61.9 Å². The van der Waals surface area contributed by atoms with Crippen molar-refractivity contribution >= 4 is 27.3 Å². The molecule has 0 aliphatic carbocycles. The van der Waals surface area contributed by atoms with Crippen LogP contribution >= 0.6 is 11.6 Å². The summed E-state index contributed by atoms with van der Waals surface area (Å²) in [5.41, 5.74) is 2.01. The molecule has 2 aromatic carbocycles. The first-order valence-electron chi connectivity index (χ1n) is 10.3. The zero-order valence-corrected chi connectivity index (χ0v) is 19.2. The van der Waals surface area contributed by atoms with Crippen LogP contribution in [0, 0.1) is 6.92 Å². The quantitative estimate of drug-likeness (QED) is 0.591. The van der Waals surface area contributed by atoms with E-state index in [-0.39, 0.29) is 4.90 Å². The van der Waals surface area contributed by atoms with Gasteiger partial charge in [-0.1, -0.05) is 11.6 Å². The fourth-order valence-corrected chi connectivity index (χ4v) is 4.87. The first-order chi connectivity index (χ1) is 14.4. The summed E-state index contributed by atoms with van der Waals surface area (Å²) in [6.07, 6.45) is 0.774. The van der Waals surface area contributed by atoms with E-state index >= 15 is 0 Å². The summed E-state index contributed by atoms with van der Waals surface area (Å²) in [5.74, 6) is 0.717. The Morgan fingerprint density at radius 1 is 1.07 bits per heavy atom. The van der Waals surface area contributed by atoms with Crippen molar-refractivity contribution in [2.45, 2.75) is 25.2 Å². The Morgan fingerprint density at radius 2 is 1.77 bits per heavy atom. The van der Waals surface area contributed by atoms with E-state index in [9.17, 15) is 8.42 Å². The molecule has 0 amide bonds. The van der Waals surface area contributed by atoms with Gasteiger partial charge in [-0.2, -0.15) is 0 Å². The zero-order valence-electron chi connectivity index (χ0n) is 17.6. The van der Waals surface area contributed by atoms with E-state index in [1.807, 2.05) is 26.0 Å². The monoisotopic (exact) mass is 451 g/mol. The lowest BCUT2D eigenvalue weighted by atomic mass is 10.2. The molecule has 0 saturated carbocycles. The molecule has 0 bridgehead atoms. The van der Waals surface area contributed by atoms with Gasteiger partial charge in [0.05, 0.1) is 11.5 Å². The van der Waals surface area contributed by atoms with Gasteiger partial charge in [0, 0.05) is 43.4 Å². The van der Waals surface area contributed by atoms with Gasteiger partial charge in [0.15, 0.2) is 0 Å². The van der Waals surface area contributed by atoms with Crippen molar-refractivity contribution < 1.29 is 13.2 Å². The number of ether oxygens (including phenoxy) is 1. The van der Waals surface area contributed by atoms with Gasteiger partial charge in [-0.15, -0.1) is 0 Å². The van der Waals surface area contributed by atoms with Crippen LogP contribution in [0.15, 0.2) is 47.4 Å². The van der Waals surface area contributed by atoms with Crippen LogP contribution in [-0.4, -0.2) is 59.2 Å². The van der Waals surface area contributed by atoms with E-state index in [0.717, 1.165) is 49.7 Å². The van der Waals surface area contributed by atoms with Gasteiger partial charge in [0.1, 0.15) is 5.75 Å². The van der Waals surface area contributed by atoms with Crippen molar-refractivity contribution in [3.05, 3.63) is 53.1 Å². The second-order valence-electron chi connectivity index (χ2n) is 7.42. The number of aryl methyl sites for hydroxylation is 1. The minimum atomic E-state index is -3.51. The Morgan fingerprint density at radius 3 is 2.40 bits per heavy atom. The largest absolute Gasteiger partial charge is 0.494 e. The zero-order chi connectivity index (χ0) is 21.6. The molecule has 1 aliphatic rings. The molecular weight excluding hydrogens is 422 g/mol. The summed E-state index contributed by atoms with van der Waals surface area (Å²) in [6, 6.07) is 12.9. The molecule has 0 atom stereocenters. The first kappa shape index (κ1) is 22.9. The van der Waals surface area contributed by atoms with E-state index in [2.05, 4.69) is 26.7 Å². The second-order valence-corrected chi connectivity index (χ2v) is 9.62. The maximum absolute atomic E-state index is 12.5. The maximum Gasteiger partial charge on any atom is 0.240 e. The minimum Gasteiger partial charge on any atom is -0.494 e. The van der Waals surface area contributed by atoms with Crippen molar-refractivity contribution in [1.29, 1.82) is 0 Å². The highest BCUT2D eigenvalue weighted by Gasteiger charge is 2.18. The van der Waals surface area contributed by atoms with Crippen molar-refractivity contribution in [1.82, 2.24) is 9.62 Å². The lowest BCUT2D eigenvalue weighted by Gasteiger charge is -2.36. The molecule has 8 heteroatoms. The average Bonchev–Trinajstić information content (AvgIpc) is 2.74. The molecule has 6 nitrogen and oxygen atoms in total. The Labute approximate surface area is 184 Å². The second kappa shape index (κ2) is 10.5. The highest BCUT2D eigenvalue weighted by molar-refractivity contribution is 7.89. The van der Waals surface area contributed by atoms with Gasteiger partial charge >= 0.3 is 0 Å². The third-order valence-electron chi connectivity index (χ3n) is 5.26. The predicted molar refractivity (Wildman–Crippen MR) is 122 cm³/mol. The lowest BCUT2D eigenvalue weighted by Crippen LogP contribution is -2.47. The van der Waals surface area contributed by atoms with Crippen LogP contribution in [-0.2, 0) is 10.0 Å². The molecule has 164 valence electrons. The predicted octanol–water partition coefficient (Wildman–Crippen LogP) is 3.54. The number of sulfonamides is 1. The number of nitrogens with one attached hydrogen (secondary N) is 1. The van der Waals surface area contributed by atoms with Crippen LogP contribution in [0.5, 0.6) is 5.75 Å². The highest BCUT2D eigenvalue weighted by atomic mass is 35.5. The summed E-state index contributed by atoms with van der Waals surface area (Å²) in [4.78, 5) is 5.01. The molecule has 0 spiro atoms. The highest BCUT2D eigenvalue weighted by Crippen LogP contribution is 2.22. The number of nitrogens with zero attached hydrogens (tertiary/aromatic N) is 2. The first-order valence-corrected chi connectivity index (χ1v) is 12.2. The average molecular weight is 452 g/mol. The maximum atomic E-state index is 12.5. The molecule has 1 fully saturated rings. The van der Waals surface area contributed by atoms with Crippen LogP contribution in [0.2, 0.25) is 5.02 Å². The van der Waals surface area contributed by atoms with Gasteiger partial charge in [-0.3, -0.25) is 4.90 Å². The van der Waals surface area contributed by atoms with Crippen molar-refractivity contribution in [3.63, 3.8) is 0 Å². The van der Waals surface area contributed by atoms with Crippen LogP contribution in [0.1, 0.15) is 18.9 Å². The third-order valence-corrected chi connectivity index (χ3v) is 6.97. The van der Waals surface area contributed by atoms with E-state index < -0.39 is 10.0 Å². The van der Waals surface area contributed by atoms with Crippen LogP contribution in [0.25, 0.3) is 0 Å². The molecule has 1 saturated heterocycles. The molecule has 0 radical (unpaired) electrons. The summed E-state index contributed by atoms with van der Waals surface area (Å²) < 4.78 is 33.3. The van der Waals surface area contributed by atoms with E-state index in [0.29, 0.717) is 18.9 Å². The molecule has 0 unspecified atom stereocenters. The standard InChI is InChI=1S/C22H30ClN3O3S/c1-3-29-22-10-9-21(17-18(22)2)30(27,28)24-11-4-12-25-13-15-26(16-14-25)20-7-5-19(23)6-8-20/h5-10,17,24H,3-4,11-16H2,1-2H3. The number of halogens is 1. The van der Waals surface area contributed by atoms with E-state index in [1.54, 1.807) is 18.2 Å². The van der Waals surface area contributed by atoms with Crippen molar-refractivity contribution in [2.24, 2.45) is 0 Å². The number of benzene rings is 2. The SMILES string of the molecule is CCOc1ccc(S(=O)(=O)NCCCN2CCN(c3ccc(Cl)cc3)CC2)cc1C. The number of piperazine rings is 1. The Balaban J connectivity index is 1.41. The van der Waals surface area contributed by atoms with Crippen molar-refractivity contribution in [3.8, 4) is 5.75 Å². The normalized spacial score (nSPS) is 15.4. The van der Waals surface area contributed by atoms with Crippen molar-refractivity contribution in [2.75, 3.05) is 50.8 Å². The Hall–Kier alpha value is -1.80. The molecule has 2 aromatic rings. The van der Waals surface area contributed by atoms with Gasteiger partial charge in [-0.05, 0) is 74.8 Å². The third kappa shape index (κ3) is 6.11. The van der Waals surface area contributed by atoms with E-state index in [1.165, 1.54) is 5.69 Å². The van der Waals surface area contributed by atoms with Crippen LogP contribution < -0.4 is 14.4 Å². The minimum absolute atomic E-state index is 0.278. The Bertz CT molecular complexity index is 927. The summed E-state index contributed by atoms with van der Waals surface area (Å²) in [6.45, 7) is 9.46. The molecule has 30 heavy (non-hydrogen) atoms. The van der Waals surface area contributed by atoms with E-state index in [4.69, 9.17) is 16.3 Å². The van der Waals surface area contributed by atoms with Crippen LogP contribution in [0.4, 0.5) is 5.69 Å². The fourth-order valence-electron chi connectivity index (χ4n) is 3.58. The van der Waals surface area contributed by atoms with Gasteiger partial charge in [0.2, 0.25) is 10.0 Å². The lowest BCUT2D eigenvalue weighted by molar-refractivity contribution is 0.255. The molecule has 1 heterocycles. The number of rotatable bonds is 9.